The van der Waals surface area contributed by atoms with Gasteiger partial charge in [-0.05, 0) is 24.9 Å². The standard InChI is InChI=1S/C9H17N3S2/c1-13-7-5-3-2-4-6-10-9-12-11-8-14-9/h8H,2-7H2,1H3,(H,10,12). The van der Waals surface area contributed by atoms with Crippen LogP contribution < -0.4 is 5.32 Å². The van der Waals surface area contributed by atoms with Crippen molar-refractivity contribution in [2.75, 3.05) is 23.9 Å². The highest BCUT2D eigenvalue weighted by atomic mass is 32.2. The molecular weight excluding hydrogens is 214 g/mol. The monoisotopic (exact) mass is 231 g/mol. The van der Waals surface area contributed by atoms with Gasteiger partial charge in [0, 0.05) is 6.54 Å². The van der Waals surface area contributed by atoms with Gasteiger partial charge in [-0.25, -0.2) is 0 Å². The average Bonchev–Trinajstić information content (AvgIpc) is 2.69. The summed E-state index contributed by atoms with van der Waals surface area (Å²) in [6.07, 6.45) is 7.40. The fourth-order valence-corrected chi connectivity index (χ4v) is 2.14. The van der Waals surface area contributed by atoms with Crippen molar-refractivity contribution in [1.29, 1.82) is 0 Å². The Hall–Kier alpha value is -0.290. The zero-order valence-electron chi connectivity index (χ0n) is 8.53. The largest absolute Gasteiger partial charge is 0.360 e. The van der Waals surface area contributed by atoms with Gasteiger partial charge >= 0.3 is 0 Å². The Morgan fingerprint density at radius 2 is 2.21 bits per heavy atom. The van der Waals surface area contributed by atoms with Gasteiger partial charge in [0.05, 0.1) is 0 Å². The normalized spacial score (nSPS) is 10.4. The van der Waals surface area contributed by atoms with E-state index in [0.29, 0.717) is 0 Å². The van der Waals surface area contributed by atoms with Crippen LogP contribution in [0.3, 0.4) is 0 Å². The highest BCUT2D eigenvalue weighted by Crippen LogP contribution is 2.09. The first-order valence-corrected chi connectivity index (χ1v) is 7.20. The van der Waals surface area contributed by atoms with E-state index in [1.807, 2.05) is 11.8 Å². The summed E-state index contributed by atoms with van der Waals surface area (Å²) in [5.41, 5.74) is 1.75. The van der Waals surface area contributed by atoms with Gasteiger partial charge in [0.1, 0.15) is 5.51 Å². The van der Waals surface area contributed by atoms with Gasteiger partial charge in [-0.15, -0.1) is 10.2 Å². The quantitative estimate of drug-likeness (QED) is 0.698. The number of hydrogen-bond acceptors (Lipinski definition) is 5. The Labute approximate surface area is 93.7 Å². The van der Waals surface area contributed by atoms with Crippen LogP contribution >= 0.6 is 23.1 Å². The number of hydrogen-bond donors (Lipinski definition) is 1. The Morgan fingerprint density at radius 3 is 2.93 bits per heavy atom. The molecule has 1 rings (SSSR count). The van der Waals surface area contributed by atoms with Crippen LogP contribution in [-0.4, -0.2) is 28.8 Å². The van der Waals surface area contributed by atoms with Crippen LogP contribution in [0.25, 0.3) is 0 Å². The highest BCUT2D eigenvalue weighted by Gasteiger charge is 1.94. The van der Waals surface area contributed by atoms with E-state index in [1.165, 1.54) is 31.4 Å². The molecule has 0 saturated carbocycles. The molecule has 0 aromatic carbocycles. The number of nitrogens with zero attached hydrogens (tertiary/aromatic N) is 2. The van der Waals surface area contributed by atoms with Gasteiger partial charge in [0.2, 0.25) is 5.13 Å². The van der Waals surface area contributed by atoms with Gasteiger partial charge in [-0.1, -0.05) is 24.2 Å². The molecule has 80 valence electrons. The average molecular weight is 231 g/mol. The van der Waals surface area contributed by atoms with E-state index in [1.54, 1.807) is 16.8 Å². The molecule has 1 aromatic heterocycles. The maximum absolute atomic E-state index is 3.92. The second kappa shape index (κ2) is 8.05. The first-order chi connectivity index (χ1) is 6.93. The minimum Gasteiger partial charge on any atom is -0.360 e. The van der Waals surface area contributed by atoms with Gasteiger partial charge in [0.15, 0.2) is 0 Å². The van der Waals surface area contributed by atoms with E-state index in [4.69, 9.17) is 0 Å². The fraction of sp³-hybridized carbons (Fsp3) is 0.778. The lowest BCUT2D eigenvalue weighted by molar-refractivity contribution is 0.688. The van der Waals surface area contributed by atoms with E-state index >= 15 is 0 Å². The smallest absolute Gasteiger partial charge is 0.205 e. The molecule has 0 radical (unpaired) electrons. The van der Waals surface area contributed by atoms with Crippen LogP contribution in [0.5, 0.6) is 0 Å². The van der Waals surface area contributed by atoms with Crippen molar-refractivity contribution in [3.05, 3.63) is 5.51 Å². The molecule has 0 fully saturated rings. The maximum Gasteiger partial charge on any atom is 0.205 e. The number of nitrogens with one attached hydrogen (secondary N) is 1. The summed E-state index contributed by atoms with van der Waals surface area (Å²) >= 11 is 3.49. The van der Waals surface area contributed by atoms with Crippen molar-refractivity contribution in [1.82, 2.24) is 10.2 Å². The molecule has 1 aromatic rings. The third kappa shape index (κ3) is 5.44. The third-order valence-electron chi connectivity index (χ3n) is 1.91. The number of rotatable bonds is 8. The summed E-state index contributed by atoms with van der Waals surface area (Å²) in [5, 5.41) is 11.9. The highest BCUT2D eigenvalue weighted by molar-refractivity contribution is 7.98. The van der Waals surface area contributed by atoms with Crippen LogP contribution in [0.2, 0.25) is 0 Å². The summed E-state index contributed by atoms with van der Waals surface area (Å²) in [5.74, 6) is 1.30. The van der Waals surface area contributed by atoms with E-state index in [-0.39, 0.29) is 0 Å². The number of aromatic nitrogens is 2. The van der Waals surface area contributed by atoms with Crippen molar-refractivity contribution in [2.45, 2.75) is 25.7 Å². The second-order valence-electron chi connectivity index (χ2n) is 3.08. The Morgan fingerprint density at radius 1 is 1.36 bits per heavy atom. The number of thioether (sulfide) groups is 1. The summed E-state index contributed by atoms with van der Waals surface area (Å²) in [6, 6.07) is 0. The summed E-state index contributed by atoms with van der Waals surface area (Å²) in [7, 11) is 0. The molecule has 1 heterocycles. The lowest BCUT2D eigenvalue weighted by atomic mass is 10.2. The fourth-order valence-electron chi connectivity index (χ4n) is 1.17. The zero-order valence-corrected chi connectivity index (χ0v) is 10.2. The first-order valence-electron chi connectivity index (χ1n) is 4.92. The molecule has 1 N–H and O–H groups in total. The molecule has 0 aliphatic heterocycles. The molecule has 0 atom stereocenters. The SMILES string of the molecule is CSCCCCCCNc1nncs1. The minimum absolute atomic E-state index is 0.939. The second-order valence-corrected chi connectivity index (χ2v) is 4.90. The summed E-state index contributed by atoms with van der Waals surface area (Å²) in [4.78, 5) is 0. The Bertz CT molecular complexity index is 214. The predicted molar refractivity (Wildman–Crippen MR) is 65.2 cm³/mol. The van der Waals surface area contributed by atoms with Crippen molar-refractivity contribution < 1.29 is 0 Å². The van der Waals surface area contributed by atoms with Crippen LogP contribution in [0, 0.1) is 0 Å². The first kappa shape index (κ1) is 11.8. The molecule has 14 heavy (non-hydrogen) atoms. The molecule has 0 aliphatic carbocycles. The molecule has 0 amide bonds. The van der Waals surface area contributed by atoms with Crippen LogP contribution in [-0.2, 0) is 0 Å². The van der Waals surface area contributed by atoms with Crippen molar-refractivity contribution in [3.8, 4) is 0 Å². The molecule has 3 nitrogen and oxygen atoms in total. The minimum atomic E-state index is 0.939. The molecule has 5 heteroatoms. The molecule has 0 bridgehead atoms. The molecular formula is C9H17N3S2. The Balaban J connectivity index is 1.85. The van der Waals surface area contributed by atoms with Crippen LogP contribution in [0.15, 0.2) is 5.51 Å². The van der Waals surface area contributed by atoms with Crippen molar-refractivity contribution >= 4 is 28.2 Å². The topological polar surface area (TPSA) is 37.8 Å². The van der Waals surface area contributed by atoms with E-state index in [2.05, 4.69) is 21.8 Å². The van der Waals surface area contributed by atoms with E-state index < -0.39 is 0 Å². The van der Waals surface area contributed by atoms with Gasteiger partial charge in [0.25, 0.3) is 0 Å². The maximum atomic E-state index is 3.92. The zero-order chi connectivity index (χ0) is 10.1. The van der Waals surface area contributed by atoms with Gasteiger partial charge < -0.3 is 5.32 Å². The lowest BCUT2D eigenvalue weighted by Gasteiger charge is -2.01. The van der Waals surface area contributed by atoms with E-state index in [9.17, 15) is 0 Å². The van der Waals surface area contributed by atoms with Gasteiger partial charge in [-0.2, -0.15) is 11.8 Å². The number of anilines is 1. The van der Waals surface area contributed by atoms with E-state index in [0.717, 1.165) is 11.7 Å². The molecule has 0 spiro atoms. The van der Waals surface area contributed by atoms with Crippen molar-refractivity contribution in [2.24, 2.45) is 0 Å². The van der Waals surface area contributed by atoms with Gasteiger partial charge in [-0.3, -0.25) is 0 Å². The molecule has 0 unspecified atom stereocenters. The third-order valence-corrected chi connectivity index (χ3v) is 3.26. The van der Waals surface area contributed by atoms with Crippen LogP contribution in [0.4, 0.5) is 5.13 Å². The Kier molecular flexibility index (Phi) is 6.78. The number of unbranched alkanes of at least 4 members (excludes halogenated alkanes) is 3. The van der Waals surface area contributed by atoms with Crippen molar-refractivity contribution in [3.63, 3.8) is 0 Å². The molecule has 0 aliphatic rings. The molecule has 0 saturated heterocycles. The van der Waals surface area contributed by atoms with Crippen LogP contribution in [0.1, 0.15) is 25.7 Å². The predicted octanol–water partition coefficient (Wildman–Crippen LogP) is 2.87. The summed E-state index contributed by atoms with van der Waals surface area (Å²) in [6.45, 7) is 1.02. The lowest BCUT2D eigenvalue weighted by Crippen LogP contribution is -2.00. The summed E-state index contributed by atoms with van der Waals surface area (Å²) < 4.78 is 0.